The van der Waals surface area contributed by atoms with Gasteiger partial charge < -0.3 is 15.2 Å². The second-order valence-corrected chi connectivity index (χ2v) is 6.86. The quantitative estimate of drug-likeness (QED) is 0.797. The van der Waals surface area contributed by atoms with E-state index in [0.29, 0.717) is 6.42 Å². The molecule has 1 aliphatic carbocycles. The number of rotatable bonds is 5. The molecule has 1 aromatic carbocycles. The highest BCUT2D eigenvalue weighted by Gasteiger charge is 2.54. The molecular weight excluding hydrogens is 327 g/mol. The third kappa shape index (κ3) is 3.33. The molecule has 2 fully saturated rings. The molecule has 1 aromatic rings. The molecule has 25 heavy (non-hydrogen) atoms. The van der Waals surface area contributed by atoms with Gasteiger partial charge in [-0.15, -0.1) is 0 Å². The molecule has 1 spiro atoms. The Kier molecular flexibility index (Phi) is 4.94. The van der Waals surface area contributed by atoms with Crippen molar-refractivity contribution in [2.24, 2.45) is 5.92 Å². The lowest BCUT2D eigenvalue weighted by Gasteiger charge is -2.36. The van der Waals surface area contributed by atoms with Crippen molar-refractivity contribution < 1.29 is 23.8 Å². The number of ether oxygens (including phenoxy) is 1. The van der Waals surface area contributed by atoms with E-state index in [1.807, 2.05) is 6.92 Å². The van der Waals surface area contributed by atoms with Gasteiger partial charge in [-0.1, -0.05) is 31.9 Å². The molecule has 1 heterocycles. The number of urea groups is 1. The Balaban J connectivity index is 1.61. The van der Waals surface area contributed by atoms with Crippen LogP contribution in [0.5, 0.6) is 5.75 Å². The van der Waals surface area contributed by atoms with Crippen LogP contribution in [0.2, 0.25) is 0 Å². The van der Waals surface area contributed by atoms with Crippen molar-refractivity contribution in [3.8, 4) is 5.75 Å². The van der Waals surface area contributed by atoms with Crippen LogP contribution in [-0.2, 0) is 4.79 Å². The van der Waals surface area contributed by atoms with E-state index in [9.17, 15) is 19.1 Å². The average Bonchev–Trinajstić information content (AvgIpc) is 2.82. The van der Waals surface area contributed by atoms with Crippen LogP contribution in [0.4, 0.5) is 9.18 Å². The zero-order chi connectivity index (χ0) is 18.0. The summed E-state index contributed by atoms with van der Waals surface area (Å²) in [6.07, 6.45) is 2.35. The largest absolute Gasteiger partial charge is 0.488 e. The molecule has 0 bridgehead atoms. The van der Waals surface area contributed by atoms with Crippen molar-refractivity contribution in [3.05, 3.63) is 30.1 Å². The highest BCUT2D eigenvalue weighted by atomic mass is 19.1. The Morgan fingerprint density at radius 2 is 2.16 bits per heavy atom. The molecule has 136 valence electrons. The van der Waals surface area contributed by atoms with Gasteiger partial charge in [0.05, 0.1) is 6.54 Å². The number of β-amino-alcohol motifs (C(OH)–C–C–N with tert-alkyl or cyclic N) is 1. The number of halogens is 1. The number of hydrogen-bond acceptors (Lipinski definition) is 4. The highest BCUT2D eigenvalue weighted by Crippen LogP contribution is 2.38. The number of benzene rings is 1. The second-order valence-electron chi connectivity index (χ2n) is 6.86. The van der Waals surface area contributed by atoms with Crippen LogP contribution in [0.15, 0.2) is 24.3 Å². The summed E-state index contributed by atoms with van der Waals surface area (Å²) in [5.41, 5.74) is -0.846. The summed E-state index contributed by atoms with van der Waals surface area (Å²) in [7, 11) is 0. The van der Waals surface area contributed by atoms with E-state index >= 15 is 0 Å². The van der Waals surface area contributed by atoms with Crippen molar-refractivity contribution in [2.75, 3.05) is 13.2 Å². The smallest absolute Gasteiger partial charge is 0.325 e. The molecule has 3 unspecified atom stereocenters. The normalized spacial score (nSPS) is 27.5. The van der Waals surface area contributed by atoms with Gasteiger partial charge in [0.2, 0.25) is 0 Å². The van der Waals surface area contributed by atoms with Crippen LogP contribution in [-0.4, -0.2) is 46.7 Å². The van der Waals surface area contributed by atoms with Crippen molar-refractivity contribution in [1.82, 2.24) is 10.2 Å². The number of hydrogen-bond donors (Lipinski definition) is 2. The minimum absolute atomic E-state index is 0.0242. The van der Waals surface area contributed by atoms with Crippen LogP contribution < -0.4 is 10.1 Å². The minimum atomic E-state index is -1.09. The van der Waals surface area contributed by atoms with E-state index in [4.69, 9.17) is 4.74 Å². The SMILES string of the molecule is CC1CCCCC12NC(=O)N(CC(O)COc1ccccc1F)C2=O. The number of aliphatic hydroxyl groups is 1. The summed E-state index contributed by atoms with van der Waals surface area (Å²) < 4.78 is 18.8. The monoisotopic (exact) mass is 350 g/mol. The first-order valence-electron chi connectivity index (χ1n) is 8.63. The van der Waals surface area contributed by atoms with Crippen LogP contribution in [0.3, 0.4) is 0 Å². The summed E-state index contributed by atoms with van der Waals surface area (Å²) in [6.45, 7) is 1.59. The molecular formula is C18H23FN2O4. The number of aliphatic hydroxyl groups excluding tert-OH is 1. The van der Waals surface area contributed by atoms with Gasteiger partial charge >= 0.3 is 6.03 Å². The molecule has 0 aromatic heterocycles. The summed E-state index contributed by atoms with van der Waals surface area (Å²) >= 11 is 0. The van der Waals surface area contributed by atoms with Gasteiger partial charge in [0, 0.05) is 0 Å². The fourth-order valence-electron chi connectivity index (χ4n) is 3.67. The maximum atomic E-state index is 13.5. The van der Waals surface area contributed by atoms with E-state index in [0.717, 1.165) is 24.2 Å². The van der Waals surface area contributed by atoms with E-state index in [2.05, 4.69) is 5.32 Å². The fraction of sp³-hybridized carbons (Fsp3) is 0.556. The third-order valence-corrected chi connectivity index (χ3v) is 5.16. The number of carbonyl (C=O) groups is 2. The van der Waals surface area contributed by atoms with E-state index in [1.165, 1.54) is 18.2 Å². The molecule has 3 amide bonds. The number of nitrogens with one attached hydrogen (secondary N) is 1. The molecule has 3 atom stereocenters. The predicted octanol–water partition coefficient (Wildman–Crippen LogP) is 2.07. The zero-order valence-corrected chi connectivity index (χ0v) is 14.2. The summed E-state index contributed by atoms with van der Waals surface area (Å²) in [5.74, 6) is -0.722. The molecule has 2 N–H and O–H groups in total. The summed E-state index contributed by atoms with van der Waals surface area (Å²) in [5, 5.41) is 13.0. The summed E-state index contributed by atoms with van der Waals surface area (Å²) in [6, 6.07) is 5.39. The lowest BCUT2D eigenvalue weighted by atomic mass is 9.73. The Labute approximate surface area is 146 Å². The minimum Gasteiger partial charge on any atom is -0.488 e. The van der Waals surface area contributed by atoms with Gasteiger partial charge in [-0.2, -0.15) is 0 Å². The Bertz CT molecular complexity index is 668. The first-order chi connectivity index (χ1) is 11.9. The lowest BCUT2D eigenvalue weighted by molar-refractivity contribution is -0.135. The maximum Gasteiger partial charge on any atom is 0.325 e. The fourth-order valence-corrected chi connectivity index (χ4v) is 3.67. The third-order valence-electron chi connectivity index (χ3n) is 5.16. The van der Waals surface area contributed by atoms with Crippen molar-refractivity contribution in [1.29, 1.82) is 0 Å². The Morgan fingerprint density at radius 1 is 1.40 bits per heavy atom. The second kappa shape index (κ2) is 7.00. The number of para-hydroxylation sites is 1. The lowest BCUT2D eigenvalue weighted by Crippen LogP contribution is -2.54. The van der Waals surface area contributed by atoms with Crippen LogP contribution >= 0.6 is 0 Å². The standard InChI is InChI=1S/C18H23FN2O4/c1-12-6-4-5-9-18(12)16(23)21(17(24)20-18)10-13(22)11-25-15-8-3-2-7-14(15)19/h2-3,7-8,12-13,22H,4-6,9-11H2,1H3,(H,20,24). The van der Waals surface area contributed by atoms with Gasteiger partial charge in [0.15, 0.2) is 11.6 Å². The number of amides is 3. The maximum absolute atomic E-state index is 13.5. The topological polar surface area (TPSA) is 78.9 Å². The van der Waals surface area contributed by atoms with Gasteiger partial charge in [0.1, 0.15) is 18.2 Å². The Hall–Kier alpha value is -2.15. The number of imide groups is 1. The van der Waals surface area contributed by atoms with E-state index < -0.39 is 23.5 Å². The first kappa shape index (κ1) is 17.7. The van der Waals surface area contributed by atoms with Crippen molar-refractivity contribution in [3.63, 3.8) is 0 Å². The molecule has 1 saturated carbocycles. The average molecular weight is 350 g/mol. The van der Waals surface area contributed by atoms with Gasteiger partial charge in [-0.25, -0.2) is 9.18 Å². The van der Waals surface area contributed by atoms with Crippen LogP contribution in [0.25, 0.3) is 0 Å². The predicted molar refractivity (Wildman–Crippen MR) is 88.5 cm³/mol. The van der Waals surface area contributed by atoms with Crippen molar-refractivity contribution >= 4 is 11.9 Å². The molecule has 6 nitrogen and oxygen atoms in total. The van der Waals surface area contributed by atoms with Crippen molar-refractivity contribution in [2.45, 2.75) is 44.2 Å². The highest BCUT2D eigenvalue weighted by molar-refractivity contribution is 6.07. The molecule has 2 aliphatic rings. The molecule has 0 radical (unpaired) electrons. The Morgan fingerprint density at radius 3 is 2.88 bits per heavy atom. The number of carbonyl (C=O) groups excluding carboxylic acids is 2. The molecule has 1 saturated heterocycles. The first-order valence-corrected chi connectivity index (χ1v) is 8.63. The van der Waals surface area contributed by atoms with E-state index in [1.54, 1.807) is 6.07 Å². The number of nitrogens with zero attached hydrogens (tertiary/aromatic N) is 1. The zero-order valence-electron chi connectivity index (χ0n) is 14.2. The van der Waals surface area contributed by atoms with Gasteiger partial charge in [-0.3, -0.25) is 9.69 Å². The molecule has 7 heteroatoms. The van der Waals surface area contributed by atoms with E-state index in [-0.39, 0.29) is 30.7 Å². The summed E-state index contributed by atoms with van der Waals surface area (Å²) in [4.78, 5) is 26.1. The van der Waals surface area contributed by atoms with Crippen LogP contribution in [0.1, 0.15) is 32.6 Å². The van der Waals surface area contributed by atoms with Gasteiger partial charge in [-0.05, 0) is 30.9 Å². The molecule has 1 aliphatic heterocycles. The van der Waals surface area contributed by atoms with Crippen LogP contribution in [0, 0.1) is 11.7 Å². The molecule has 3 rings (SSSR count). The van der Waals surface area contributed by atoms with Gasteiger partial charge in [0.25, 0.3) is 5.91 Å².